The Hall–Kier alpha value is -1.38. The molecule has 206 valence electrons. The molecule has 1 aromatic heterocycles. The van der Waals surface area contributed by atoms with Gasteiger partial charge >= 0.3 is 5.69 Å². The van der Waals surface area contributed by atoms with E-state index in [4.69, 9.17) is 14.6 Å². The van der Waals surface area contributed by atoms with Crippen LogP contribution in [0, 0.1) is 0 Å². The Kier molecular flexibility index (Phi) is 9.05. The standard InChI is InChI=1S/C15H24N2O17P2/c18-3-5-8(20)10(22)12(24)14(32-5)33-36(28,29)34-35(26,27)30-4-6-9(21)11(23)13(31-6)17-2-1-7(19)16-15(17)25/h1-2,5-6,8-14,18,20-24H,3-4H2,(H,26,27)(H,28,29)(H,16,19,25)/p-2/t5-,6-,8+,9-,10+,11-,12-,13-,14?/m1/s1. The second-order valence-corrected chi connectivity index (χ2v) is 10.5. The van der Waals surface area contributed by atoms with E-state index < -0.39 is 95.4 Å². The average Bonchev–Trinajstić information content (AvgIpc) is 3.06. The average molecular weight is 564 g/mol. The Labute approximate surface area is 199 Å². The Morgan fingerprint density at radius 3 is 2.19 bits per heavy atom. The van der Waals surface area contributed by atoms with Gasteiger partial charge < -0.3 is 54.4 Å². The molecule has 0 aromatic carbocycles. The largest absolute Gasteiger partial charge is 0.756 e. The molecule has 3 rings (SSSR count). The minimum atomic E-state index is -5.90. The third kappa shape index (κ3) is 6.54. The van der Waals surface area contributed by atoms with Crippen molar-refractivity contribution in [2.45, 2.75) is 55.2 Å². The summed E-state index contributed by atoms with van der Waals surface area (Å²) in [6.07, 6.45) is -15.8. The number of aromatic amines is 1. The summed E-state index contributed by atoms with van der Waals surface area (Å²) in [5.74, 6) is 0. The number of phosphoric acid groups is 2. The van der Waals surface area contributed by atoms with Gasteiger partial charge in [0.1, 0.15) is 42.7 Å². The minimum Gasteiger partial charge on any atom is -0.756 e. The third-order valence-electron chi connectivity index (χ3n) is 5.14. The predicted molar refractivity (Wildman–Crippen MR) is 104 cm³/mol. The third-order valence-corrected chi connectivity index (χ3v) is 7.67. The Bertz CT molecular complexity index is 1120. The summed E-state index contributed by atoms with van der Waals surface area (Å²) in [4.78, 5) is 48.9. The topological polar surface area (TPSA) is 303 Å². The lowest BCUT2D eigenvalue weighted by molar-refractivity contribution is -0.305. The molecule has 0 radical (unpaired) electrons. The van der Waals surface area contributed by atoms with E-state index in [0.717, 1.165) is 12.3 Å². The summed E-state index contributed by atoms with van der Waals surface area (Å²) in [5.41, 5.74) is -1.78. The summed E-state index contributed by atoms with van der Waals surface area (Å²) in [7, 11) is -11.7. The lowest BCUT2D eigenvalue weighted by Gasteiger charge is -2.41. The highest BCUT2D eigenvalue weighted by Gasteiger charge is 2.47. The number of rotatable bonds is 9. The zero-order valence-electron chi connectivity index (χ0n) is 17.8. The highest BCUT2D eigenvalue weighted by atomic mass is 31.3. The molecule has 0 amide bonds. The van der Waals surface area contributed by atoms with E-state index in [1.807, 2.05) is 4.98 Å². The van der Waals surface area contributed by atoms with Crippen LogP contribution in [-0.2, 0) is 32.0 Å². The fourth-order valence-corrected chi connectivity index (χ4v) is 5.42. The Morgan fingerprint density at radius 2 is 1.58 bits per heavy atom. The van der Waals surface area contributed by atoms with Gasteiger partial charge in [0.2, 0.25) is 0 Å². The molecule has 2 aliphatic rings. The van der Waals surface area contributed by atoms with E-state index in [0.29, 0.717) is 4.57 Å². The van der Waals surface area contributed by atoms with Gasteiger partial charge in [0, 0.05) is 12.3 Å². The Balaban J connectivity index is 1.61. The van der Waals surface area contributed by atoms with Crippen LogP contribution >= 0.6 is 15.6 Å². The number of aliphatic hydroxyl groups excluding tert-OH is 6. The molecule has 2 saturated heterocycles. The maximum absolute atomic E-state index is 12.0. The van der Waals surface area contributed by atoms with Crippen LogP contribution in [0.1, 0.15) is 6.23 Å². The summed E-state index contributed by atoms with van der Waals surface area (Å²) in [6.45, 7) is -2.05. The fourth-order valence-electron chi connectivity index (χ4n) is 3.34. The molecule has 19 nitrogen and oxygen atoms in total. The van der Waals surface area contributed by atoms with Gasteiger partial charge in [-0.1, -0.05) is 0 Å². The van der Waals surface area contributed by atoms with Crippen LogP contribution in [0.25, 0.3) is 0 Å². The van der Waals surface area contributed by atoms with Crippen LogP contribution in [-0.4, -0.2) is 102 Å². The molecule has 3 heterocycles. The van der Waals surface area contributed by atoms with Gasteiger partial charge in [0.05, 0.1) is 13.2 Å². The van der Waals surface area contributed by atoms with Crippen molar-refractivity contribution >= 4 is 15.6 Å². The van der Waals surface area contributed by atoms with E-state index in [2.05, 4.69) is 13.4 Å². The van der Waals surface area contributed by atoms with Gasteiger partial charge in [-0.2, -0.15) is 0 Å². The first-order valence-electron chi connectivity index (χ1n) is 9.96. The number of hydrogen-bond donors (Lipinski definition) is 7. The monoisotopic (exact) mass is 564 g/mol. The number of ether oxygens (including phenoxy) is 2. The van der Waals surface area contributed by atoms with Crippen LogP contribution in [0.5, 0.6) is 0 Å². The first kappa shape index (κ1) is 29.2. The van der Waals surface area contributed by atoms with E-state index in [1.165, 1.54) is 0 Å². The highest BCUT2D eigenvalue weighted by molar-refractivity contribution is 7.59. The lowest BCUT2D eigenvalue weighted by atomic mass is 10.00. The molecule has 3 unspecified atom stereocenters. The SMILES string of the molecule is O=c1ccn([C@@H]2O[C@H](COP(=O)([O-])OP(=O)([O-])OC3O[C@H](CO)[C@H](O)[C@H](O)[C@H]3O)[C@@H](O)[C@H]2O)c(=O)[nH]1. The number of H-pyrrole nitrogens is 1. The van der Waals surface area contributed by atoms with E-state index in [1.54, 1.807) is 0 Å². The zero-order valence-corrected chi connectivity index (χ0v) is 19.6. The second-order valence-electron chi connectivity index (χ2n) is 7.64. The quantitative estimate of drug-likeness (QED) is 0.137. The molecule has 21 heteroatoms. The molecule has 0 bridgehead atoms. The summed E-state index contributed by atoms with van der Waals surface area (Å²) in [6, 6.07) is 0.911. The predicted octanol–water partition coefficient (Wildman–Crippen LogP) is -6.06. The number of nitrogens with one attached hydrogen (secondary N) is 1. The van der Waals surface area contributed by atoms with Crippen LogP contribution < -0.4 is 21.0 Å². The highest BCUT2D eigenvalue weighted by Crippen LogP contribution is 2.57. The van der Waals surface area contributed by atoms with Gasteiger partial charge in [0.15, 0.2) is 12.5 Å². The molecule has 0 saturated carbocycles. The summed E-state index contributed by atoms with van der Waals surface area (Å²) < 4.78 is 47.1. The van der Waals surface area contributed by atoms with E-state index in [-0.39, 0.29) is 0 Å². The minimum absolute atomic E-state index is 0.697. The van der Waals surface area contributed by atoms with Crippen LogP contribution in [0.2, 0.25) is 0 Å². The molecular formula is C15H22N2O17P2-2. The molecule has 2 aliphatic heterocycles. The van der Waals surface area contributed by atoms with Crippen LogP contribution in [0.4, 0.5) is 0 Å². The summed E-state index contributed by atoms with van der Waals surface area (Å²) >= 11 is 0. The van der Waals surface area contributed by atoms with Crippen LogP contribution in [0.15, 0.2) is 21.9 Å². The fraction of sp³-hybridized carbons (Fsp3) is 0.733. The van der Waals surface area contributed by atoms with Crippen molar-refractivity contribution in [3.8, 4) is 0 Å². The molecule has 0 spiro atoms. The van der Waals surface area contributed by atoms with Gasteiger partial charge in [-0.15, -0.1) is 0 Å². The van der Waals surface area contributed by atoms with Crippen molar-refractivity contribution in [3.05, 3.63) is 33.1 Å². The zero-order chi connectivity index (χ0) is 27.0. The lowest BCUT2D eigenvalue weighted by Crippen LogP contribution is -2.59. The van der Waals surface area contributed by atoms with Crippen molar-refractivity contribution in [1.82, 2.24) is 9.55 Å². The molecule has 2 fully saturated rings. The molecule has 7 N–H and O–H groups in total. The normalized spacial score (nSPS) is 38.4. The summed E-state index contributed by atoms with van der Waals surface area (Å²) in [5, 5.41) is 58.4. The van der Waals surface area contributed by atoms with Crippen LogP contribution in [0.3, 0.4) is 0 Å². The van der Waals surface area contributed by atoms with Gasteiger partial charge in [-0.3, -0.25) is 28.0 Å². The number of phosphoric ester groups is 2. The van der Waals surface area contributed by atoms with Crippen molar-refractivity contribution in [1.29, 1.82) is 0 Å². The van der Waals surface area contributed by atoms with Gasteiger partial charge in [-0.25, -0.2) is 9.11 Å². The van der Waals surface area contributed by atoms with Crippen molar-refractivity contribution in [2.24, 2.45) is 0 Å². The number of hydrogen-bond acceptors (Lipinski definition) is 17. The van der Waals surface area contributed by atoms with Crippen molar-refractivity contribution < 1.29 is 72.4 Å². The number of aliphatic hydroxyl groups is 6. The van der Waals surface area contributed by atoms with Crippen molar-refractivity contribution in [3.63, 3.8) is 0 Å². The second kappa shape index (κ2) is 11.2. The molecule has 1 aromatic rings. The first-order chi connectivity index (χ1) is 16.7. The number of nitrogens with zero attached hydrogens (tertiary/aromatic N) is 1. The molecule has 36 heavy (non-hydrogen) atoms. The van der Waals surface area contributed by atoms with E-state index >= 15 is 0 Å². The number of aromatic nitrogens is 2. The van der Waals surface area contributed by atoms with E-state index in [9.17, 15) is 54.0 Å². The first-order valence-corrected chi connectivity index (χ1v) is 12.9. The molecule has 11 atom stereocenters. The van der Waals surface area contributed by atoms with Gasteiger partial charge in [0.25, 0.3) is 21.2 Å². The molecule has 0 aliphatic carbocycles. The Morgan fingerprint density at radius 1 is 0.944 bits per heavy atom. The smallest absolute Gasteiger partial charge is 0.330 e. The molecular weight excluding hydrogens is 542 g/mol. The maximum atomic E-state index is 12.0. The van der Waals surface area contributed by atoms with Crippen molar-refractivity contribution in [2.75, 3.05) is 13.2 Å². The van der Waals surface area contributed by atoms with Gasteiger partial charge in [-0.05, 0) is 0 Å². The maximum Gasteiger partial charge on any atom is 0.330 e.